The molecule has 2 aromatic heterocycles. The Morgan fingerprint density at radius 2 is 2.31 bits per heavy atom. The Hall–Kier alpha value is -1.76. The largest absolute Gasteiger partial charge is 0.385 e. The molecule has 0 aliphatic carbocycles. The van der Waals surface area contributed by atoms with Crippen molar-refractivity contribution < 1.29 is 4.74 Å². The van der Waals surface area contributed by atoms with E-state index in [4.69, 9.17) is 4.74 Å². The van der Waals surface area contributed by atoms with E-state index in [9.17, 15) is 0 Å². The standard InChI is InChI=1S/C9H14N6O/c1-16-5-3-2-4-11-8-6-10-7-9-12-13-14-15(8)9/h6-7,11H,2-5H2,1H3. The van der Waals surface area contributed by atoms with Gasteiger partial charge in [0.2, 0.25) is 0 Å². The fourth-order valence-corrected chi connectivity index (χ4v) is 1.38. The van der Waals surface area contributed by atoms with E-state index in [2.05, 4.69) is 25.8 Å². The third-order valence-electron chi connectivity index (χ3n) is 2.19. The van der Waals surface area contributed by atoms with Gasteiger partial charge >= 0.3 is 0 Å². The molecule has 0 aromatic carbocycles. The predicted molar refractivity (Wildman–Crippen MR) is 58.2 cm³/mol. The van der Waals surface area contributed by atoms with Crippen molar-refractivity contribution in [2.75, 3.05) is 25.6 Å². The molecule has 86 valence electrons. The topological polar surface area (TPSA) is 77.2 Å². The van der Waals surface area contributed by atoms with Crippen molar-refractivity contribution in [3.8, 4) is 0 Å². The summed E-state index contributed by atoms with van der Waals surface area (Å²) in [7, 11) is 1.71. The van der Waals surface area contributed by atoms with Crippen LogP contribution in [0.4, 0.5) is 5.82 Å². The van der Waals surface area contributed by atoms with Crippen molar-refractivity contribution in [3.63, 3.8) is 0 Å². The number of nitrogens with one attached hydrogen (secondary N) is 1. The van der Waals surface area contributed by atoms with Crippen molar-refractivity contribution in [1.29, 1.82) is 0 Å². The number of rotatable bonds is 6. The second-order valence-electron chi connectivity index (χ2n) is 3.37. The molecule has 0 atom stereocenters. The first-order valence-electron chi connectivity index (χ1n) is 5.17. The van der Waals surface area contributed by atoms with Crippen LogP contribution in [0.3, 0.4) is 0 Å². The molecule has 0 aliphatic rings. The van der Waals surface area contributed by atoms with E-state index < -0.39 is 0 Å². The quantitative estimate of drug-likeness (QED) is 0.711. The van der Waals surface area contributed by atoms with E-state index in [0.29, 0.717) is 5.65 Å². The molecular formula is C9H14N6O. The van der Waals surface area contributed by atoms with Crippen molar-refractivity contribution in [2.45, 2.75) is 12.8 Å². The molecule has 0 fully saturated rings. The van der Waals surface area contributed by atoms with Crippen LogP contribution < -0.4 is 5.32 Å². The molecule has 7 heteroatoms. The number of anilines is 1. The van der Waals surface area contributed by atoms with Gasteiger partial charge in [0.1, 0.15) is 5.82 Å². The molecule has 0 amide bonds. The summed E-state index contributed by atoms with van der Waals surface area (Å²) >= 11 is 0. The SMILES string of the molecule is COCCCCNc1cncc2nnnn12. The smallest absolute Gasteiger partial charge is 0.199 e. The molecular weight excluding hydrogens is 208 g/mol. The van der Waals surface area contributed by atoms with Gasteiger partial charge in [-0.15, -0.1) is 5.10 Å². The van der Waals surface area contributed by atoms with Crippen LogP contribution in [0.1, 0.15) is 12.8 Å². The minimum absolute atomic E-state index is 0.641. The molecule has 0 saturated heterocycles. The molecule has 0 unspecified atom stereocenters. The van der Waals surface area contributed by atoms with Crippen LogP contribution >= 0.6 is 0 Å². The summed E-state index contributed by atoms with van der Waals surface area (Å²) in [6.07, 6.45) is 5.39. The zero-order valence-corrected chi connectivity index (χ0v) is 9.13. The molecule has 0 spiro atoms. The number of nitrogens with zero attached hydrogens (tertiary/aromatic N) is 5. The highest BCUT2D eigenvalue weighted by Crippen LogP contribution is 2.05. The number of methoxy groups -OCH3 is 1. The first-order valence-corrected chi connectivity index (χ1v) is 5.17. The summed E-state index contributed by atoms with van der Waals surface area (Å²) in [5.41, 5.74) is 0.641. The minimum atomic E-state index is 0.641. The van der Waals surface area contributed by atoms with Crippen LogP contribution in [-0.4, -0.2) is 45.3 Å². The molecule has 2 aromatic rings. The molecule has 2 rings (SSSR count). The van der Waals surface area contributed by atoms with Crippen LogP contribution in [0.2, 0.25) is 0 Å². The van der Waals surface area contributed by atoms with Gasteiger partial charge in [0, 0.05) is 20.3 Å². The zero-order chi connectivity index (χ0) is 11.2. The highest BCUT2D eigenvalue weighted by atomic mass is 16.5. The number of hydrogen-bond acceptors (Lipinski definition) is 6. The van der Waals surface area contributed by atoms with Crippen LogP contribution in [0.15, 0.2) is 12.4 Å². The van der Waals surface area contributed by atoms with E-state index in [1.54, 1.807) is 24.0 Å². The number of aromatic nitrogens is 5. The van der Waals surface area contributed by atoms with E-state index in [1.165, 1.54) is 0 Å². The number of hydrogen-bond donors (Lipinski definition) is 1. The average molecular weight is 222 g/mol. The summed E-state index contributed by atoms with van der Waals surface area (Å²) < 4.78 is 6.60. The number of fused-ring (bicyclic) bond motifs is 1. The van der Waals surface area contributed by atoms with Crippen molar-refractivity contribution >= 4 is 11.5 Å². The Morgan fingerprint density at radius 1 is 1.38 bits per heavy atom. The maximum Gasteiger partial charge on any atom is 0.199 e. The van der Waals surface area contributed by atoms with E-state index in [0.717, 1.165) is 31.8 Å². The number of tetrazole rings is 1. The highest BCUT2D eigenvalue weighted by Gasteiger charge is 2.02. The van der Waals surface area contributed by atoms with Gasteiger partial charge in [0.25, 0.3) is 0 Å². The lowest BCUT2D eigenvalue weighted by molar-refractivity contribution is 0.194. The van der Waals surface area contributed by atoms with Gasteiger partial charge in [-0.2, -0.15) is 4.52 Å². The van der Waals surface area contributed by atoms with E-state index >= 15 is 0 Å². The maximum atomic E-state index is 4.97. The summed E-state index contributed by atoms with van der Waals surface area (Å²) in [6.45, 7) is 1.64. The Bertz CT molecular complexity index is 442. The van der Waals surface area contributed by atoms with Gasteiger partial charge in [-0.3, -0.25) is 4.98 Å². The Balaban J connectivity index is 1.91. The average Bonchev–Trinajstić information content (AvgIpc) is 2.77. The molecule has 7 nitrogen and oxygen atoms in total. The first kappa shape index (κ1) is 10.7. The molecule has 16 heavy (non-hydrogen) atoms. The molecule has 0 bridgehead atoms. The molecule has 0 radical (unpaired) electrons. The lowest BCUT2D eigenvalue weighted by atomic mass is 10.3. The minimum Gasteiger partial charge on any atom is -0.385 e. The summed E-state index contributed by atoms with van der Waals surface area (Å²) in [6, 6.07) is 0. The van der Waals surface area contributed by atoms with E-state index in [1.807, 2.05) is 0 Å². The number of ether oxygens (including phenoxy) is 1. The van der Waals surface area contributed by atoms with Gasteiger partial charge in [-0.25, -0.2) is 0 Å². The fourth-order valence-electron chi connectivity index (χ4n) is 1.38. The monoisotopic (exact) mass is 222 g/mol. The fraction of sp³-hybridized carbons (Fsp3) is 0.556. The van der Waals surface area contributed by atoms with Crippen molar-refractivity contribution in [3.05, 3.63) is 12.4 Å². The Kier molecular flexibility index (Phi) is 3.60. The summed E-state index contributed by atoms with van der Waals surface area (Å²) in [5, 5.41) is 14.5. The van der Waals surface area contributed by atoms with Crippen LogP contribution in [-0.2, 0) is 4.74 Å². The third-order valence-corrected chi connectivity index (χ3v) is 2.19. The summed E-state index contributed by atoms with van der Waals surface area (Å²) in [5.74, 6) is 0.805. The molecule has 0 saturated carbocycles. The maximum absolute atomic E-state index is 4.97. The van der Waals surface area contributed by atoms with E-state index in [-0.39, 0.29) is 0 Å². The van der Waals surface area contributed by atoms with Crippen LogP contribution in [0, 0.1) is 0 Å². The Labute approximate surface area is 92.8 Å². The predicted octanol–water partition coefficient (Wildman–Crippen LogP) is 0.358. The van der Waals surface area contributed by atoms with Gasteiger partial charge in [-0.05, 0) is 23.3 Å². The van der Waals surface area contributed by atoms with Gasteiger partial charge < -0.3 is 10.1 Å². The van der Waals surface area contributed by atoms with Crippen molar-refractivity contribution in [1.82, 2.24) is 25.0 Å². The highest BCUT2D eigenvalue weighted by molar-refractivity contribution is 5.43. The second kappa shape index (κ2) is 5.36. The lowest BCUT2D eigenvalue weighted by Crippen LogP contribution is -2.08. The molecule has 1 N–H and O–H groups in total. The normalized spacial score (nSPS) is 10.8. The first-order chi connectivity index (χ1) is 7.92. The van der Waals surface area contributed by atoms with Gasteiger partial charge in [-0.1, -0.05) is 0 Å². The molecule has 0 aliphatic heterocycles. The van der Waals surface area contributed by atoms with Crippen LogP contribution in [0.25, 0.3) is 5.65 Å². The van der Waals surface area contributed by atoms with Gasteiger partial charge in [0.05, 0.1) is 12.4 Å². The Morgan fingerprint density at radius 3 is 3.19 bits per heavy atom. The third kappa shape index (κ3) is 2.43. The lowest BCUT2D eigenvalue weighted by Gasteiger charge is -2.05. The van der Waals surface area contributed by atoms with Crippen molar-refractivity contribution in [2.24, 2.45) is 0 Å². The van der Waals surface area contributed by atoms with Crippen LogP contribution in [0.5, 0.6) is 0 Å². The zero-order valence-electron chi connectivity index (χ0n) is 9.13. The van der Waals surface area contributed by atoms with Gasteiger partial charge in [0.15, 0.2) is 5.65 Å². The molecule has 2 heterocycles. The summed E-state index contributed by atoms with van der Waals surface area (Å²) in [4.78, 5) is 4.05. The number of unbranched alkanes of at least 4 members (excludes halogenated alkanes) is 1. The second-order valence-corrected chi connectivity index (χ2v) is 3.37.